The van der Waals surface area contributed by atoms with Crippen LogP contribution in [0.25, 0.3) is 0 Å². The molecule has 0 aliphatic carbocycles. The van der Waals surface area contributed by atoms with Crippen molar-refractivity contribution in [2.45, 2.75) is 13.0 Å². The van der Waals surface area contributed by atoms with Crippen molar-refractivity contribution in [3.8, 4) is 0 Å². The highest BCUT2D eigenvalue weighted by Crippen LogP contribution is 2.00. The SMILES string of the molecule is Cl.NCCC(=O)OCc1ccccc1. The lowest BCUT2D eigenvalue weighted by atomic mass is 10.2. The van der Waals surface area contributed by atoms with E-state index in [0.29, 0.717) is 13.2 Å². The predicted molar refractivity (Wildman–Crippen MR) is 57.2 cm³/mol. The summed E-state index contributed by atoms with van der Waals surface area (Å²) in [6, 6.07) is 9.56. The zero-order valence-electron chi connectivity index (χ0n) is 7.81. The molecule has 0 saturated heterocycles. The average Bonchev–Trinajstić information content (AvgIpc) is 2.17. The third kappa shape index (κ3) is 4.84. The molecular weight excluding hydrogens is 202 g/mol. The monoisotopic (exact) mass is 215 g/mol. The third-order valence-electron chi connectivity index (χ3n) is 1.59. The molecule has 78 valence electrons. The van der Waals surface area contributed by atoms with E-state index in [0.717, 1.165) is 5.56 Å². The summed E-state index contributed by atoms with van der Waals surface area (Å²) in [4.78, 5) is 10.9. The summed E-state index contributed by atoms with van der Waals surface area (Å²) < 4.78 is 4.95. The Kier molecular flexibility index (Phi) is 6.80. The van der Waals surface area contributed by atoms with Crippen molar-refractivity contribution in [3.63, 3.8) is 0 Å². The van der Waals surface area contributed by atoms with Gasteiger partial charge < -0.3 is 10.5 Å². The topological polar surface area (TPSA) is 52.3 Å². The lowest BCUT2D eigenvalue weighted by Gasteiger charge is -2.02. The lowest BCUT2D eigenvalue weighted by Crippen LogP contribution is -2.10. The van der Waals surface area contributed by atoms with Crippen molar-refractivity contribution in [2.75, 3.05) is 6.54 Å². The molecule has 2 N–H and O–H groups in total. The molecule has 0 radical (unpaired) electrons. The highest BCUT2D eigenvalue weighted by Gasteiger charge is 2.00. The van der Waals surface area contributed by atoms with Gasteiger partial charge in [-0.25, -0.2) is 0 Å². The van der Waals surface area contributed by atoms with E-state index < -0.39 is 0 Å². The molecule has 0 aliphatic heterocycles. The largest absolute Gasteiger partial charge is 0.461 e. The number of halogens is 1. The van der Waals surface area contributed by atoms with Crippen LogP contribution in [0.2, 0.25) is 0 Å². The van der Waals surface area contributed by atoms with E-state index in [9.17, 15) is 4.79 Å². The number of ether oxygens (including phenoxy) is 1. The van der Waals surface area contributed by atoms with Gasteiger partial charge in [0.25, 0.3) is 0 Å². The van der Waals surface area contributed by atoms with Crippen LogP contribution >= 0.6 is 12.4 Å². The van der Waals surface area contributed by atoms with E-state index in [1.54, 1.807) is 0 Å². The summed E-state index contributed by atoms with van der Waals surface area (Å²) in [5.41, 5.74) is 6.19. The van der Waals surface area contributed by atoms with Crippen LogP contribution in [0.3, 0.4) is 0 Å². The number of esters is 1. The van der Waals surface area contributed by atoms with Crippen molar-refractivity contribution >= 4 is 18.4 Å². The molecular formula is C10H14ClNO2. The predicted octanol–water partition coefficient (Wildman–Crippen LogP) is 1.50. The van der Waals surface area contributed by atoms with Crippen LogP contribution in [0.1, 0.15) is 12.0 Å². The van der Waals surface area contributed by atoms with E-state index in [1.807, 2.05) is 30.3 Å². The molecule has 3 nitrogen and oxygen atoms in total. The summed E-state index contributed by atoms with van der Waals surface area (Å²) >= 11 is 0. The third-order valence-corrected chi connectivity index (χ3v) is 1.59. The number of carbonyl (C=O) groups is 1. The molecule has 0 fully saturated rings. The van der Waals surface area contributed by atoms with Gasteiger partial charge in [0.05, 0.1) is 6.42 Å². The van der Waals surface area contributed by atoms with E-state index in [4.69, 9.17) is 10.5 Å². The maximum Gasteiger partial charge on any atom is 0.307 e. The fourth-order valence-corrected chi connectivity index (χ4v) is 0.928. The van der Waals surface area contributed by atoms with Crippen molar-refractivity contribution in [1.82, 2.24) is 0 Å². The average molecular weight is 216 g/mol. The Labute approximate surface area is 89.7 Å². The molecule has 1 rings (SSSR count). The number of hydrogen-bond donors (Lipinski definition) is 1. The summed E-state index contributed by atoms with van der Waals surface area (Å²) in [6.45, 7) is 0.674. The first-order chi connectivity index (χ1) is 6.33. The summed E-state index contributed by atoms with van der Waals surface area (Å²) in [6.07, 6.45) is 0.285. The standard InChI is InChI=1S/C10H13NO2.ClH/c11-7-6-10(12)13-8-9-4-2-1-3-5-9;/h1-5H,6-8,11H2;1H. The van der Waals surface area contributed by atoms with Crippen molar-refractivity contribution < 1.29 is 9.53 Å². The second-order valence-corrected chi connectivity index (χ2v) is 2.68. The molecule has 4 heteroatoms. The Morgan fingerprint density at radius 2 is 1.93 bits per heavy atom. The van der Waals surface area contributed by atoms with Crippen LogP contribution in [0.15, 0.2) is 30.3 Å². The minimum atomic E-state index is -0.244. The first kappa shape index (κ1) is 12.9. The Morgan fingerprint density at radius 3 is 2.50 bits per heavy atom. The van der Waals surface area contributed by atoms with Gasteiger partial charge >= 0.3 is 5.97 Å². The fraction of sp³-hybridized carbons (Fsp3) is 0.300. The number of rotatable bonds is 4. The molecule has 0 amide bonds. The molecule has 0 spiro atoms. The second-order valence-electron chi connectivity index (χ2n) is 2.68. The van der Waals surface area contributed by atoms with Crippen molar-refractivity contribution in [2.24, 2.45) is 5.73 Å². The van der Waals surface area contributed by atoms with Crippen LogP contribution < -0.4 is 5.73 Å². The van der Waals surface area contributed by atoms with E-state index >= 15 is 0 Å². The van der Waals surface area contributed by atoms with Gasteiger partial charge in [0.1, 0.15) is 6.61 Å². The molecule has 0 atom stereocenters. The normalized spacial score (nSPS) is 8.93. The van der Waals surface area contributed by atoms with E-state index in [1.165, 1.54) is 0 Å². The van der Waals surface area contributed by atoms with E-state index in [-0.39, 0.29) is 24.8 Å². The summed E-state index contributed by atoms with van der Waals surface area (Å²) in [5.74, 6) is -0.244. The number of nitrogens with two attached hydrogens (primary N) is 1. The Morgan fingerprint density at radius 1 is 1.29 bits per heavy atom. The number of hydrogen-bond acceptors (Lipinski definition) is 3. The molecule has 0 heterocycles. The molecule has 0 unspecified atom stereocenters. The summed E-state index contributed by atoms with van der Waals surface area (Å²) in [5, 5.41) is 0. The van der Waals surface area contributed by atoms with Crippen LogP contribution in [0, 0.1) is 0 Å². The van der Waals surface area contributed by atoms with Gasteiger partial charge in [0, 0.05) is 6.54 Å². The lowest BCUT2D eigenvalue weighted by molar-refractivity contribution is -0.144. The maximum absolute atomic E-state index is 10.9. The minimum absolute atomic E-state index is 0. The van der Waals surface area contributed by atoms with Gasteiger partial charge in [0.15, 0.2) is 0 Å². The van der Waals surface area contributed by atoms with Gasteiger partial charge in [0.2, 0.25) is 0 Å². The van der Waals surface area contributed by atoms with Crippen LogP contribution in [-0.4, -0.2) is 12.5 Å². The first-order valence-electron chi connectivity index (χ1n) is 4.22. The zero-order chi connectivity index (χ0) is 9.52. The van der Waals surface area contributed by atoms with Gasteiger partial charge in [-0.1, -0.05) is 30.3 Å². The van der Waals surface area contributed by atoms with Gasteiger partial charge in [-0.05, 0) is 5.56 Å². The molecule has 14 heavy (non-hydrogen) atoms. The molecule has 1 aromatic carbocycles. The Hall–Kier alpha value is -1.06. The van der Waals surface area contributed by atoms with Crippen molar-refractivity contribution in [1.29, 1.82) is 0 Å². The minimum Gasteiger partial charge on any atom is -0.461 e. The molecule has 0 aromatic heterocycles. The molecule has 0 saturated carbocycles. The zero-order valence-corrected chi connectivity index (χ0v) is 8.63. The quantitative estimate of drug-likeness (QED) is 0.775. The van der Waals surface area contributed by atoms with Crippen LogP contribution in [0.5, 0.6) is 0 Å². The van der Waals surface area contributed by atoms with Gasteiger partial charge in [-0.15, -0.1) is 12.4 Å². The van der Waals surface area contributed by atoms with Crippen molar-refractivity contribution in [3.05, 3.63) is 35.9 Å². The maximum atomic E-state index is 10.9. The number of carbonyl (C=O) groups excluding carboxylic acids is 1. The second kappa shape index (κ2) is 7.35. The molecule has 1 aromatic rings. The first-order valence-corrected chi connectivity index (χ1v) is 4.22. The Balaban J connectivity index is 0.00000169. The highest BCUT2D eigenvalue weighted by molar-refractivity contribution is 5.85. The molecule has 0 bridgehead atoms. The Bertz CT molecular complexity index is 264. The van der Waals surface area contributed by atoms with Crippen LogP contribution in [-0.2, 0) is 16.1 Å². The smallest absolute Gasteiger partial charge is 0.307 e. The van der Waals surface area contributed by atoms with Crippen LogP contribution in [0.4, 0.5) is 0 Å². The number of benzene rings is 1. The summed E-state index contributed by atoms with van der Waals surface area (Å²) in [7, 11) is 0. The van der Waals surface area contributed by atoms with Gasteiger partial charge in [-0.3, -0.25) is 4.79 Å². The fourth-order valence-electron chi connectivity index (χ4n) is 0.928. The van der Waals surface area contributed by atoms with E-state index in [2.05, 4.69) is 0 Å². The highest BCUT2D eigenvalue weighted by atomic mass is 35.5. The molecule has 0 aliphatic rings. The van der Waals surface area contributed by atoms with Gasteiger partial charge in [-0.2, -0.15) is 0 Å².